The molecule has 0 fully saturated rings. The highest BCUT2D eigenvalue weighted by Crippen LogP contribution is 2.28. The summed E-state index contributed by atoms with van der Waals surface area (Å²) in [5.74, 6) is 0.673. The van der Waals surface area contributed by atoms with Crippen molar-refractivity contribution in [1.82, 2.24) is 0 Å². The Morgan fingerprint density at radius 2 is 1.54 bits per heavy atom. The van der Waals surface area contributed by atoms with E-state index in [0.717, 1.165) is 18.2 Å². The molecule has 0 aromatic heterocycles. The fourth-order valence-electron chi connectivity index (χ4n) is 2.12. The number of halogens is 2. The van der Waals surface area contributed by atoms with Crippen molar-refractivity contribution in [3.05, 3.63) is 83.9 Å². The van der Waals surface area contributed by atoms with E-state index in [2.05, 4.69) is 0 Å². The summed E-state index contributed by atoms with van der Waals surface area (Å²) in [5, 5.41) is 0. The van der Waals surface area contributed by atoms with Crippen LogP contribution in [0.1, 0.15) is 5.56 Å². The van der Waals surface area contributed by atoms with E-state index in [9.17, 15) is 8.78 Å². The number of anilines is 1. The van der Waals surface area contributed by atoms with Crippen molar-refractivity contribution in [2.24, 2.45) is 0 Å². The lowest BCUT2D eigenvalue weighted by molar-refractivity contribution is 0.298. The summed E-state index contributed by atoms with van der Waals surface area (Å²) in [7, 11) is 0. The Morgan fingerprint density at radius 1 is 0.833 bits per heavy atom. The summed E-state index contributed by atoms with van der Waals surface area (Å²) in [4.78, 5) is 0. The Morgan fingerprint density at radius 3 is 2.29 bits per heavy atom. The van der Waals surface area contributed by atoms with E-state index in [4.69, 9.17) is 15.2 Å². The summed E-state index contributed by atoms with van der Waals surface area (Å²) in [5.41, 5.74) is 6.52. The molecule has 0 aliphatic carbocycles. The van der Waals surface area contributed by atoms with Gasteiger partial charge in [-0.05, 0) is 54.6 Å². The molecule has 3 rings (SSSR count). The molecule has 5 heteroatoms. The Labute approximate surface area is 138 Å². The van der Waals surface area contributed by atoms with Crippen LogP contribution in [0.2, 0.25) is 0 Å². The molecule has 0 amide bonds. The van der Waals surface area contributed by atoms with E-state index in [0.29, 0.717) is 22.9 Å². The molecule has 3 aromatic rings. The number of para-hydroxylation sites is 2. The van der Waals surface area contributed by atoms with Gasteiger partial charge in [0.05, 0.1) is 5.69 Å². The molecule has 0 aliphatic heterocycles. The van der Waals surface area contributed by atoms with Gasteiger partial charge in [0.2, 0.25) is 0 Å². The summed E-state index contributed by atoms with van der Waals surface area (Å²) in [6.45, 7) is -0.0601. The van der Waals surface area contributed by atoms with Crippen LogP contribution in [0.5, 0.6) is 17.2 Å². The highest BCUT2D eigenvalue weighted by atomic mass is 19.1. The minimum absolute atomic E-state index is 0.0601. The lowest BCUT2D eigenvalue weighted by atomic mass is 10.2. The molecule has 24 heavy (non-hydrogen) atoms. The van der Waals surface area contributed by atoms with Crippen molar-refractivity contribution in [1.29, 1.82) is 0 Å². The smallest absolute Gasteiger partial charge is 0.150 e. The molecule has 0 saturated heterocycles. The predicted molar refractivity (Wildman–Crippen MR) is 88.1 cm³/mol. The van der Waals surface area contributed by atoms with Gasteiger partial charge in [0.1, 0.15) is 35.5 Å². The number of benzene rings is 3. The summed E-state index contributed by atoms with van der Waals surface area (Å²) in [6, 6.07) is 17.2. The lowest BCUT2D eigenvalue weighted by Crippen LogP contribution is -1.99. The molecule has 0 atom stereocenters. The van der Waals surface area contributed by atoms with Gasteiger partial charge in [0.25, 0.3) is 0 Å². The van der Waals surface area contributed by atoms with E-state index in [1.807, 2.05) is 12.1 Å². The number of nitrogen functional groups attached to an aromatic ring is 1. The predicted octanol–water partition coefficient (Wildman–Crippen LogP) is 4.92. The van der Waals surface area contributed by atoms with Crippen LogP contribution in [0.25, 0.3) is 0 Å². The minimum Gasteiger partial charge on any atom is -0.489 e. The van der Waals surface area contributed by atoms with Crippen LogP contribution in [0, 0.1) is 11.6 Å². The molecule has 3 nitrogen and oxygen atoms in total. The third kappa shape index (κ3) is 3.81. The molecule has 0 bridgehead atoms. The zero-order valence-electron chi connectivity index (χ0n) is 12.7. The van der Waals surface area contributed by atoms with Crippen LogP contribution in [0.15, 0.2) is 66.7 Å². The van der Waals surface area contributed by atoms with Crippen LogP contribution in [0.3, 0.4) is 0 Å². The highest BCUT2D eigenvalue weighted by Gasteiger charge is 2.06. The van der Waals surface area contributed by atoms with Crippen molar-refractivity contribution >= 4 is 5.69 Å². The summed E-state index contributed by atoms with van der Waals surface area (Å²) >= 11 is 0. The van der Waals surface area contributed by atoms with Gasteiger partial charge >= 0.3 is 0 Å². The van der Waals surface area contributed by atoms with Crippen LogP contribution in [-0.2, 0) is 6.61 Å². The maximum absolute atomic E-state index is 13.5. The standard InChI is InChI=1S/C19H15F2NO2/c20-14-5-10-17(21)13(11-14)12-23-15-6-8-16(9-7-15)24-19-4-2-1-3-18(19)22/h1-11H,12,22H2. The Bertz CT molecular complexity index is 835. The number of nitrogens with two attached hydrogens (primary N) is 1. The van der Waals surface area contributed by atoms with Gasteiger partial charge in [-0.3, -0.25) is 0 Å². The first-order valence-corrected chi connectivity index (χ1v) is 7.31. The quantitative estimate of drug-likeness (QED) is 0.677. The third-order valence-electron chi connectivity index (χ3n) is 3.37. The molecule has 0 saturated carbocycles. The largest absolute Gasteiger partial charge is 0.489 e. The Hall–Kier alpha value is -3.08. The maximum Gasteiger partial charge on any atom is 0.150 e. The topological polar surface area (TPSA) is 44.5 Å². The molecular formula is C19H15F2NO2. The second-order valence-electron chi connectivity index (χ2n) is 5.14. The fourth-order valence-corrected chi connectivity index (χ4v) is 2.12. The molecular weight excluding hydrogens is 312 g/mol. The van der Waals surface area contributed by atoms with Crippen LogP contribution >= 0.6 is 0 Å². The van der Waals surface area contributed by atoms with E-state index >= 15 is 0 Å². The van der Waals surface area contributed by atoms with E-state index in [-0.39, 0.29) is 12.2 Å². The van der Waals surface area contributed by atoms with Gasteiger partial charge in [-0.15, -0.1) is 0 Å². The maximum atomic E-state index is 13.5. The van der Waals surface area contributed by atoms with E-state index < -0.39 is 11.6 Å². The summed E-state index contributed by atoms with van der Waals surface area (Å²) in [6.07, 6.45) is 0. The number of hydrogen-bond acceptors (Lipinski definition) is 3. The van der Waals surface area contributed by atoms with Crippen molar-refractivity contribution < 1.29 is 18.3 Å². The van der Waals surface area contributed by atoms with Gasteiger partial charge in [0.15, 0.2) is 0 Å². The molecule has 2 N–H and O–H groups in total. The van der Waals surface area contributed by atoms with Gasteiger partial charge in [0, 0.05) is 5.56 Å². The number of hydrogen-bond donors (Lipinski definition) is 1. The SMILES string of the molecule is Nc1ccccc1Oc1ccc(OCc2cc(F)ccc2F)cc1. The van der Waals surface area contributed by atoms with Crippen LogP contribution in [0.4, 0.5) is 14.5 Å². The minimum atomic E-state index is -0.504. The number of rotatable bonds is 5. The second-order valence-corrected chi connectivity index (χ2v) is 5.14. The molecule has 0 unspecified atom stereocenters. The molecule has 0 radical (unpaired) electrons. The molecule has 0 heterocycles. The van der Waals surface area contributed by atoms with Crippen LogP contribution < -0.4 is 15.2 Å². The van der Waals surface area contributed by atoms with Crippen molar-refractivity contribution in [3.8, 4) is 17.2 Å². The lowest BCUT2D eigenvalue weighted by Gasteiger charge is -2.10. The first-order valence-electron chi connectivity index (χ1n) is 7.31. The first-order chi connectivity index (χ1) is 11.6. The zero-order chi connectivity index (χ0) is 16.9. The number of ether oxygens (including phenoxy) is 2. The molecule has 3 aromatic carbocycles. The van der Waals surface area contributed by atoms with Crippen LogP contribution in [-0.4, -0.2) is 0 Å². The van der Waals surface area contributed by atoms with E-state index in [1.54, 1.807) is 36.4 Å². The van der Waals surface area contributed by atoms with Gasteiger partial charge in [-0.2, -0.15) is 0 Å². The fraction of sp³-hybridized carbons (Fsp3) is 0.0526. The summed E-state index contributed by atoms with van der Waals surface area (Å²) < 4.78 is 37.8. The van der Waals surface area contributed by atoms with Gasteiger partial charge in [-0.25, -0.2) is 8.78 Å². The van der Waals surface area contributed by atoms with Gasteiger partial charge < -0.3 is 15.2 Å². The van der Waals surface area contributed by atoms with Crippen molar-refractivity contribution in [2.75, 3.05) is 5.73 Å². The second kappa shape index (κ2) is 7.00. The average molecular weight is 327 g/mol. The monoisotopic (exact) mass is 327 g/mol. The van der Waals surface area contributed by atoms with Crippen molar-refractivity contribution in [3.63, 3.8) is 0 Å². The average Bonchev–Trinajstić information content (AvgIpc) is 2.59. The Balaban J connectivity index is 1.64. The highest BCUT2D eigenvalue weighted by molar-refractivity contribution is 5.53. The first kappa shape index (κ1) is 15.8. The normalized spacial score (nSPS) is 10.4. The van der Waals surface area contributed by atoms with Crippen molar-refractivity contribution in [2.45, 2.75) is 6.61 Å². The third-order valence-corrected chi connectivity index (χ3v) is 3.37. The molecule has 122 valence electrons. The van der Waals surface area contributed by atoms with Gasteiger partial charge in [-0.1, -0.05) is 12.1 Å². The zero-order valence-corrected chi connectivity index (χ0v) is 12.7. The Kier molecular flexibility index (Phi) is 4.61. The molecule has 0 aliphatic rings. The van der Waals surface area contributed by atoms with E-state index in [1.165, 1.54) is 0 Å². The molecule has 0 spiro atoms.